The van der Waals surface area contributed by atoms with Crippen LogP contribution in [0.5, 0.6) is 0 Å². The molecule has 6 nitrogen and oxygen atoms in total. The molecule has 0 atom stereocenters. The first kappa shape index (κ1) is 15.2. The Labute approximate surface area is 113 Å². The number of likely N-dealkylation sites (N-methyl/N-ethyl adjacent to an activating group) is 1. The van der Waals surface area contributed by atoms with Crippen molar-refractivity contribution in [2.24, 2.45) is 0 Å². The topological polar surface area (TPSA) is 55.9 Å². The van der Waals surface area contributed by atoms with Crippen molar-refractivity contribution in [1.82, 2.24) is 20.0 Å². The van der Waals surface area contributed by atoms with Crippen LogP contribution in [-0.4, -0.2) is 85.9 Å². The molecule has 3 amide bonds. The quantitative estimate of drug-likeness (QED) is 0.713. The Balaban J connectivity index is 2.26. The van der Waals surface area contributed by atoms with Crippen LogP contribution in [-0.2, 0) is 4.79 Å². The summed E-state index contributed by atoms with van der Waals surface area (Å²) >= 11 is 5.33. The Kier molecular flexibility index (Phi) is 6.38. The van der Waals surface area contributed by atoms with E-state index in [4.69, 9.17) is 11.6 Å². The van der Waals surface area contributed by atoms with Crippen molar-refractivity contribution in [3.05, 3.63) is 0 Å². The second kappa shape index (κ2) is 7.56. The largest absolute Gasteiger partial charge is 0.324 e. The number of rotatable bonds is 4. The first-order valence-electron chi connectivity index (χ1n) is 6.04. The summed E-state index contributed by atoms with van der Waals surface area (Å²) in [6.45, 7) is 5.00. The number of carbonyl (C=O) groups excluding carboxylic acids is 2. The van der Waals surface area contributed by atoms with Crippen molar-refractivity contribution >= 4 is 23.5 Å². The van der Waals surface area contributed by atoms with Crippen LogP contribution in [0.3, 0.4) is 0 Å². The summed E-state index contributed by atoms with van der Waals surface area (Å²) in [5.74, 6) is -0.633. The minimum absolute atomic E-state index is 0.186. The number of nitrogens with zero attached hydrogens (tertiary/aromatic N) is 3. The maximum absolute atomic E-state index is 11.6. The molecule has 7 heteroatoms. The molecule has 104 valence electrons. The molecule has 1 fully saturated rings. The highest BCUT2D eigenvalue weighted by atomic mass is 35.5. The van der Waals surface area contributed by atoms with Gasteiger partial charge in [0.2, 0.25) is 5.91 Å². The Morgan fingerprint density at radius 1 is 1.22 bits per heavy atom. The van der Waals surface area contributed by atoms with E-state index in [1.54, 1.807) is 4.90 Å². The Morgan fingerprint density at radius 2 is 1.83 bits per heavy atom. The van der Waals surface area contributed by atoms with Crippen LogP contribution in [0.15, 0.2) is 0 Å². The summed E-state index contributed by atoms with van der Waals surface area (Å²) in [5, 5.41) is 2.25. The molecule has 1 heterocycles. The Bertz CT molecular complexity index is 291. The molecule has 0 aliphatic carbocycles. The molecule has 1 aliphatic rings. The number of hydrogen-bond acceptors (Lipinski definition) is 4. The summed E-state index contributed by atoms with van der Waals surface area (Å²) in [4.78, 5) is 28.7. The molecule has 0 aromatic carbocycles. The van der Waals surface area contributed by atoms with Crippen molar-refractivity contribution in [2.75, 3.05) is 59.2 Å². The average Bonchev–Trinajstić information content (AvgIpc) is 2.36. The van der Waals surface area contributed by atoms with Gasteiger partial charge in [0.25, 0.3) is 0 Å². The highest BCUT2D eigenvalue weighted by Gasteiger charge is 2.21. The van der Waals surface area contributed by atoms with Gasteiger partial charge in [-0.2, -0.15) is 0 Å². The lowest BCUT2D eigenvalue weighted by atomic mass is 10.3. The molecule has 1 N–H and O–H groups in total. The molecule has 0 radical (unpaired) electrons. The molecule has 0 aromatic rings. The molecule has 0 saturated carbocycles. The highest BCUT2D eigenvalue weighted by molar-refractivity contribution is 6.28. The van der Waals surface area contributed by atoms with E-state index in [0.717, 1.165) is 26.2 Å². The molecule has 0 spiro atoms. The zero-order valence-corrected chi connectivity index (χ0v) is 11.7. The average molecular weight is 277 g/mol. The first-order valence-corrected chi connectivity index (χ1v) is 6.58. The van der Waals surface area contributed by atoms with Crippen LogP contribution < -0.4 is 5.32 Å². The molecule has 0 aromatic heterocycles. The summed E-state index contributed by atoms with van der Waals surface area (Å²) in [6, 6.07) is -0.340. The number of imide groups is 1. The van der Waals surface area contributed by atoms with Crippen LogP contribution in [0.4, 0.5) is 4.79 Å². The fourth-order valence-corrected chi connectivity index (χ4v) is 1.81. The zero-order valence-electron chi connectivity index (χ0n) is 11.0. The summed E-state index contributed by atoms with van der Waals surface area (Å²) in [6.07, 6.45) is 0. The van der Waals surface area contributed by atoms with Crippen LogP contribution in [0.2, 0.25) is 0 Å². The SMILES string of the molecule is CN(C)CCN1CCN(C(=O)NC(=O)CCl)CC1. The van der Waals surface area contributed by atoms with E-state index in [9.17, 15) is 9.59 Å². The lowest BCUT2D eigenvalue weighted by Crippen LogP contribution is -2.53. The molecule has 18 heavy (non-hydrogen) atoms. The number of nitrogens with one attached hydrogen (secondary N) is 1. The third-order valence-corrected chi connectivity index (χ3v) is 3.13. The van der Waals surface area contributed by atoms with Crippen LogP contribution in [0, 0.1) is 0 Å². The summed E-state index contributed by atoms with van der Waals surface area (Å²) in [7, 11) is 4.09. The predicted octanol–water partition coefficient (Wildman–Crippen LogP) is -0.359. The van der Waals surface area contributed by atoms with Gasteiger partial charge in [-0.3, -0.25) is 15.0 Å². The molecular weight excluding hydrogens is 256 g/mol. The molecule has 0 bridgehead atoms. The number of amides is 3. The Hall–Kier alpha value is -0.850. The lowest BCUT2D eigenvalue weighted by molar-refractivity contribution is -0.117. The third kappa shape index (κ3) is 5.20. The fourth-order valence-electron chi connectivity index (χ4n) is 1.75. The minimum Gasteiger partial charge on any atom is -0.322 e. The van der Waals surface area contributed by atoms with Crippen molar-refractivity contribution in [1.29, 1.82) is 0 Å². The van der Waals surface area contributed by atoms with Gasteiger partial charge in [0.15, 0.2) is 0 Å². The molecule has 1 rings (SSSR count). The molecule has 1 aliphatic heterocycles. The maximum Gasteiger partial charge on any atom is 0.324 e. The van der Waals surface area contributed by atoms with Crippen LogP contribution >= 0.6 is 11.6 Å². The van der Waals surface area contributed by atoms with Crippen LogP contribution in [0.25, 0.3) is 0 Å². The van der Waals surface area contributed by atoms with Gasteiger partial charge in [0.1, 0.15) is 5.88 Å². The normalized spacial score (nSPS) is 17.0. The summed E-state index contributed by atoms with van der Waals surface area (Å²) in [5.41, 5.74) is 0. The number of urea groups is 1. The second-order valence-electron chi connectivity index (χ2n) is 4.62. The number of hydrogen-bond donors (Lipinski definition) is 1. The van der Waals surface area contributed by atoms with Gasteiger partial charge in [-0.15, -0.1) is 11.6 Å². The van der Waals surface area contributed by atoms with E-state index < -0.39 is 5.91 Å². The van der Waals surface area contributed by atoms with E-state index >= 15 is 0 Å². The van der Waals surface area contributed by atoms with Gasteiger partial charge >= 0.3 is 6.03 Å². The minimum atomic E-state index is -0.447. The van der Waals surface area contributed by atoms with E-state index in [-0.39, 0.29) is 11.9 Å². The number of halogens is 1. The van der Waals surface area contributed by atoms with Gasteiger partial charge in [0, 0.05) is 39.3 Å². The standard InChI is InChI=1S/C11H21ClN4O2/c1-14(2)3-4-15-5-7-16(8-6-15)11(18)13-10(17)9-12/h3-9H2,1-2H3,(H,13,17,18). The molecule has 0 unspecified atom stereocenters. The zero-order chi connectivity index (χ0) is 13.5. The van der Waals surface area contributed by atoms with Crippen LogP contribution in [0.1, 0.15) is 0 Å². The van der Waals surface area contributed by atoms with Gasteiger partial charge in [-0.25, -0.2) is 4.79 Å². The van der Waals surface area contributed by atoms with Crippen molar-refractivity contribution in [3.8, 4) is 0 Å². The predicted molar refractivity (Wildman–Crippen MR) is 70.8 cm³/mol. The second-order valence-corrected chi connectivity index (χ2v) is 4.89. The van der Waals surface area contributed by atoms with Crippen molar-refractivity contribution < 1.29 is 9.59 Å². The van der Waals surface area contributed by atoms with Gasteiger partial charge in [-0.05, 0) is 14.1 Å². The van der Waals surface area contributed by atoms with E-state index in [1.807, 2.05) is 14.1 Å². The Morgan fingerprint density at radius 3 is 2.33 bits per heavy atom. The highest BCUT2D eigenvalue weighted by Crippen LogP contribution is 2.01. The summed E-state index contributed by atoms with van der Waals surface area (Å²) < 4.78 is 0. The van der Waals surface area contributed by atoms with E-state index in [0.29, 0.717) is 13.1 Å². The first-order chi connectivity index (χ1) is 8.52. The number of piperazine rings is 1. The van der Waals surface area contributed by atoms with E-state index in [1.165, 1.54) is 0 Å². The van der Waals surface area contributed by atoms with Gasteiger partial charge < -0.3 is 9.80 Å². The monoisotopic (exact) mass is 276 g/mol. The van der Waals surface area contributed by atoms with Gasteiger partial charge in [0.05, 0.1) is 0 Å². The fraction of sp³-hybridized carbons (Fsp3) is 0.818. The van der Waals surface area contributed by atoms with E-state index in [2.05, 4.69) is 15.1 Å². The van der Waals surface area contributed by atoms with Gasteiger partial charge in [-0.1, -0.05) is 0 Å². The lowest BCUT2D eigenvalue weighted by Gasteiger charge is -2.34. The molecule has 1 saturated heterocycles. The van der Waals surface area contributed by atoms with Crippen molar-refractivity contribution in [2.45, 2.75) is 0 Å². The third-order valence-electron chi connectivity index (χ3n) is 2.89. The number of carbonyl (C=O) groups is 2. The maximum atomic E-state index is 11.6. The molecular formula is C11H21ClN4O2. The smallest absolute Gasteiger partial charge is 0.322 e. The number of alkyl halides is 1. The van der Waals surface area contributed by atoms with Crippen molar-refractivity contribution in [3.63, 3.8) is 0 Å².